The number of nitriles is 1. The van der Waals surface area contributed by atoms with Gasteiger partial charge in [-0.15, -0.1) is 0 Å². The first kappa shape index (κ1) is 14.9. The van der Waals surface area contributed by atoms with Gasteiger partial charge in [0.25, 0.3) is 0 Å². The number of benzene rings is 1. The van der Waals surface area contributed by atoms with E-state index in [0.29, 0.717) is 25.3 Å². The van der Waals surface area contributed by atoms with Crippen LogP contribution in [0.3, 0.4) is 0 Å². The molecule has 1 N–H and O–H groups in total. The molecule has 19 heavy (non-hydrogen) atoms. The number of hydrogen-bond acceptors (Lipinski definition) is 4. The van der Waals surface area contributed by atoms with E-state index in [9.17, 15) is 9.18 Å². The van der Waals surface area contributed by atoms with E-state index in [0.717, 1.165) is 6.07 Å². The summed E-state index contributed by atoms with van der Waals surface area (Å²) in [6.45, 7) is 0.898. The van der Waals surface area contributed by atoms with Crippen molar-refractivity contribution in [2.75, 3.05) is 25.6 Å². The van der Waals surface area contributed by atoms with Crippen LogP contribution in [0.2, 0.25) is 0 Å². The quantitative estimate of drug-likeness (QED) is 0.767. The van der Waals surface area contributed by atoms with Crippen LogP contribution in [-0.4, -0.2) is 26.2 Å². The molecule has 0 fully saturated rings. The maximum Gasteiger partial charge on any atom is 0.238 e. The lowest BCUT2D eigenvalue weighted by Gasteiger charge is -2.09. The number of ether oxygens (including phenoxy) is 2. The summed E-state index contributed by atoms with van der Waals surface area (Å²) in [6.07, 6.45) is 0.396. The van der Waals surface area contributed by atoms with Crippen LogP contribution in [0.1, 0.15) is 12.8 Å². The predicted molar refractivity (Wildman–Crippen MR) is 67.2 cm³/mol. The lowest BCUT2D eigenvalue weighted by molar-refractivity contribution is -0.115. The van der Waals surface area contributed by atoms with Gasteiger partial charge < -0.3 is 14.8 Å². The molecule has 102 valence electrons. The molecule has 0 heterocycles. The topological polar surface area (TPSA) is 71.3 Å². The number of carbonyl (C=O) groups excluding carboxylic acids is 1. The smallest absolute Gasteiger partial charge is 0.238 e. The minimum atomic E-state index is -0.563. The van der Waals surface area contributed by atoms with Crippen LogP contribution in [0.15, 0.2) is 18.2 Å². The van der Waals surface area contributed by atoms with Crippen molar-refractivity contribution in [3.05, 3.63) is 24.0 Å². The monoisotopic (exact) mass is 266 g/mol. The second-order valence-corrected chi connectivity index (χ2v) is 3.72. The van der Waals surface area contributed by atoms with Crippen LogP contribution < -0.4 is 10.1 Å². The van der Waals surface area contributed by atoms with E-state index in [-0.39, 0.29) is 12.2 Å². The van der Waals surface area contributed by atoms with E-state index in [1.54, 1.807) is 13.2 Å². The van der Waals surface area contributed by atoms with Gasteiger partial charge in [0.05, 0.1) is 12.7 Å². The third-order valence-electron chi connectivity index (χ3n) is 2.21. The van der Waals surface area contributed by atoms with Crippen molar-refractivity contribution >= 4 is 11.6 Å². The van der Waals surface area contributed by atoms with Crippen molar-refractivity contribution in [1.82, 2.24) is 0 Å². The molecule has 1 rings (SSSR count). The molecule has 0 aliphatic heterocycles. The van der Waals surface area contributed by atoms with E-state index in [4.69, 9.17) is 14.7 Å². The molecule has 1 aromatic rings. The number of amides is 1. The Morgan fingerprint density at radius 3 is 2.89 bits per heavy atom. The Hall–Kier alpha value is -2.13. The second kappa shape index (κ2) is 8.06. The van der Waals surface area contributed by atoms with Gasteiger partial charge in [-0.25, -0.2) is 4.39 Å². The van der Waals surface area contributed by atoms with Crippen molar-refractivity contribution in [1.29, 1.82) is 5.26 Å². The van der Waals surface area contributed by atoms with Crippen LogP contribution in [0, 0.1) is 17.1 Å². The molecule has 0 radical (unpaired) electrons. The molecule has 0 bridgehead atoms. The van der Waals surface area contributed by atoms with Crippen molar-refractivity contribution in [2.24, 2.45) is 0 Å². The molecule has 0 atom stereocenters. The van der Waals surface area contributed by atoms with E-state index >= 15 is 0 Å². The van der Waals surface area contributed by atoms with Gasteiger partial charge in [0.15, 0.2) is 11.6 Å². The fourth-order valence-electron chi connectivity index (χ4n) is 1.36. The summed E-state index contributed by atoms with van der Waals surface area (Å²) >= 11 is 0. The van der Waals surface area contributed by atoms with Crippen LogP contribution in [0.5, 0.6) is 5.75 Å². The first-order chi connectivity index (χ1) is 9.17. The van der Waals surface area contributed by atoms with E-state index < -0.39 is 11.7 Å². The number of methoxy groups -OCH3 is 1. The largest absolute Gasteiger partial charge is 0.490 e. The van der Waals surface area contributed by atoms with Crippen LogP contribution in [0.4, 0.5) is 10.1 Å². The van der Waals surface area contributed by atoms with E-state index in [1.165, 1.54) is 12.1 Å². The second-order valence-electron chi connectivity index (χ2n) is 3.72. The van der Waals surface area contributed by atoms with Crippen LogP contribution >= 0.6 is 0 Å². The molecule has 0 saturated heterocycles. The third kappa shape index (κ3) is 5.36. The average Bonchev–Trinajstić information content (AvgIpc) is 2.37. The lowest BCUT2D eigenvalue weighted by Crippen LogP contribution is -2.10. The SMILES string of the molecule is COCCCOc1ccc(NC(=O)CC#N)cc1F. The molecule has 0 aromatic heterocycles. The van der Waals surface area contributed by atoms with Gasteiger partial charge in [-0.2, -0.15) is 5.26 Å². The number of halogens is 1. The van der Waals surface area contributed by atoms with Gasteiger partial charge in [-0.1, -0.05) is 0 Å². The Balaban J connectivity index is 2.54. The van der Waals surface area contributed by atoms with Crippen molar-refractivity contribution in [2.45, 2.75) is 12.8 Å². The van der Waals surface area contributed by atoms with Gasteiger partial charge in [0.2, 0.25) is 5.91 Å². The molecule has 5 nitrogen and oxygen atoms in total. The van der Waals surface area contributed by atoms with Gasteiger partial charge in [0, 0.05) is 31.9 Å². The Labute approximate surface area is 110 Å². The number of nitrogens with zero attached hydrogens (tertiary/aromatic N) is 1. The Kier molecular flexibility index (Phi) is 6.33. The Morgan fingerprint density at radius 1 is 1.47 bits per heavy atom. The summed E-state index contributed by atoms with van der Waals surface area (Å²) in [5, 5.41) is 10.7. The predicted octanol–water partition coefficient (Wildman–Crippen LogP) is 2.09. The molecular weight excluding hydrogens is 251 g/mol. The normalized spacial score (nSPS) is 9.74. The van der Waals surface area contributed by atoms with Gasteiger partial charge in [-0.05, 0) is 12.1 Å². The minimum absolute atomic E-state index is 0.120. The Bertz CT molecular complexity index is 471. The highest BCUT2D eigenvalue weighted by Gasteiger charge is 2.07. The highest BCUT2D eigenvalue weighted by Crippen LogP contribution is 2.21. The highest BCUT2D eigenvalue weighted by molar-refractivity contribution is 5.92. The molecule has 1 amide bonds. The fraction of sp³-hybridized carbons (Fsp3) is 0.385. The molecule has 1 aromatic carbocycles. The van der Waals surface area contributed by atoms with Crippen molar-refractivity contribution in [3.63, 3.8) is 0 Å². The number of anilines is 1. The standard InChI is InChI=1S/C13H15FN2O3/c1-18-7-2-8-19-12-4-3-10(9-11(12)14)16-13(17)5-6-15/h3-4,9H,2,5,7-8H2,1H3,(H,16,17). The first-order valence-electron chi connectivity index (χ1n) is 5.75. The maximum absolute atomic E-state index is 13.6. The molecule has 0 aliphatic carbocycles. The summed E-state index contributed by atoms with van der Waals surface area (Å²) in [4.78, 5) is 11.2. The fourth-order valence-corrected chi connectivity index (χ4v) is 1.36. The lowest BCUT2D eigenvalue weighted by atomic mass is 10.2. The molecular formula is C13H15FN2O3. The highest BCUT2D eigenvalue weighted by atomic mass is 19.1. The average molecular weight is 266 g/mol. The molecule has 0 saturated carbocycles. The Morgan fingerprint density at radius 2 is 2.26 bits per heavy atom. The number of carbonyl (C=O) groups is 1. The van der Waals surface area contributed by atoms with Gasteiger partial charge in [0.1, 0.15) is 6.42 Å². The number of rotatable bonds is 7. The van der Waals surface area contributed by atoms with Crippen molar-refractivity contribution < 1.29 is 18.7 Å². The molecule has 0 spiro atoms. The third-order valence-corrected chi connectivity index (χ3v) is 2.21. The summed E-state index contributed by atoms with van der Waals surface area (Å²) < 4.78 is 23.7. The minimum Gasteiger partial charge on any atom is -0.490 e. The molecule has 0 aliphatic rings. The number of hydrogen-bond donors (Lipinski definition) is 1. The summed E-state index contributed by atoms with van der Waals surface area (Å²) in [7, 11) is 1.58. The maximum atomic E-state index is 13.6. The molecule has 6 heteroatoms. The summed E-state index contributed by atoms with van der Waals surface area (Å²) in [5.74, 6) is -0.919. The van der Waals surface area contributed by atoms with Gasteiger partial charge in [-0.3, -0.25) is 4.79 Å². The zero-order chi connectivity index (χ0) is 14.1. The van der Waals surface area contributed by atoms with Gasteiger partial charge >= 0.3 is 0 Å². The summed E-state index contributed by atoms with van der Waals surface area (Å²) in [6, 6.07) is 5.82. The zero-order valence-corrected chi connectivity index (χ0v) is 10.6. The first-order valence-corrected chi connectivity index (χ1v) is 5.75. The van der Waals surface area contributed by atoms with E-state index in [2.05, 4.69) is 5.32 Å². The van der Waals surface area contributed by atoms with E-state index in [1.807, 2.05) is 0 Å². The zero-order valence-electron chi connectivity index (χ0n) is 10.6. The van der Waals surface area contributed by atoms with Crippen LogP contribution in [-0.2, 0) is 9.53 Å². The van der Waals surface area contributed by atoms with Crippen LogP contribution in [0.25, 0.3) is 0 Å². The molecule has 0 unspecified atom stereocenters. The van der Waals surface area contributed by atoms with Crippen molar-refractivity contribution in [3.8, 4) is 11.8 Å². The number of nitrogens with one attached hydrogen (secondary N) is 1. The summed E-state index contributed by atoms with van der Waals surface area (Å²) in [5.41, 5.74) is 0.294.